The Morgan fingerprint density at radius 1 is 0.420 bits per heavy atom. The number of carbonyl (C=O) groups is 2. The molecule has 0 fully saturated rings. The van der Waals surface area contributed by atoms with Gasteiger partial charge in [0.2, 0.25) is 5.91 Å². The number of unbranched alkanes of at least 4 members (excludes halogenated alkanes) is 35. The third kappa shape index (κ3) is 52.0. The summed E-state index contributed by atoms with van der Waals surface area (Å²) in [5.41, 5.74) is 0. The van der Waals surface area contributed by atoms with Crippen molar-refractivity contribution in [2.75, 3.05) is 6.61 Å². The molecule has 0 aliphatic rings. The molecule has 1 amide bonds. The molecule has 0 rings (SSSR count). The molecule has 69 heavy (non-hydrogen) atoms. The fraction of sp³-hybridized carbons (Fsp3) is 0.841. The van der Waals surface area contributed by atoms with Gasteiger partial charge in [-0.25, -0.2) is 0 Å². The van der Waals surface area contributed by atoms with Crippen molar-refractivity contribution in [1.82, 2.24) is 5.32 Å². The second-order valence-corrected chi connectivity index (χ2v) is 20.7. The number of allylic oxidation sites excluding steroid dienone is 8. The predicted molar refractivity (Wildman–Crippen MR) is 301 cm³/mol. The van der Waals surface area contributed by atoms with Gasteiger partial charge in [0, 0.05) is 6.42 Å². The van der Waals surface area contributed by atoms with Gasteiger partial charge >= 0.3 is 5.97 Å². The Bertz CT molecular complexity index is 1180. The first-order valence-corrected chi connectivity index (χ1v) is 30.4. The van der Waals surface area contributed by atoms with Crippen molar-refractivity contribution in [3.63, 3.8) is 0 Å². The molecular weight excluding hydrogens is 851 g/mol. The van der Waals surface area contributed by atoms with Gasteiger partial charge in [0.15, 0.2) is 0 Å². The first-order chi connectivity index (χ1) is 34.0. The highest BCUT2D eigenvalue weighted by molar-refractivity contribution is 5.77. The molecule has 3 N–H and O–H groups in total. The Morgan fingerprint density at radius 3 is 1.16 bits per heavy atom. The van der Waals surface area contributed by atoms with Crippen molar-refractivity contribution in [3.8, 4) is 0 Å². The predicted octanol–water partition coefficient (Wildman–Crippen LogP) is 19.0. The Labute approximate surface area is 429 Å². The number of aliphatic hydroxyl groups is 2. The highest BCUT2D eigenvalue weighted by Gasteiger charge is 2.24. The van der Waals surface area contributed by atoms with Gasteiger partial charge in [-0.15, -0.1) is 0 Å². The first-order valence-electron chi connectivity index (χ1n) is 30.4. The lowest BCUT2D eigenvalue weighted by Crippen LogP contribution is -2.46. The van der Waals surface area contributed by atoms with Crippen LogP contribution in [0.15, 0.2) is 48.6 Å². The van der Waals surface area contributed by atoms with Crippen molar-refractivity contribution in [2.24, 2.45) is 0 Å². The smallest absolute Gasteiger partial charge is 0.306 e. The van der Waals surface area contributed by atoms with E-state index in [1.807, 2.05) is 0 Å². The SMILES string of the molecule is CCCCC/C=C\C/C=C\C/C=C\CCCCCCC(CC(=O)NC(CO)C(O)CCCCCCCCCCCCCCCCCCC)OC(=O)CCCCCCC/C=C/CCCCCCCCC. The first kappa shape index (κ1) is 66.8. The minimum absolute atomic E-state index is 0.0610. The Morgan fingerprint density at radius 2 is 0.739 bits per heavy atom. The number of hydrogen-bond donors (Lipinski definition) is 3. The van der Waals surface area contributed by atoms with Crippen molar-refractivity contribution in [2.45, 2.75) is 334 Å². The third-order valence-electron chi connectivity index (χ3n) is 13.9. The molecule has 3 unspecified atom stereocenters. The zero-order valence-corrected chi connectivity index (χ0v) is 46.2. The molecule has 0 bridgehead atoms. The Hall–Kier alpha value is -2.18. The minimum atomic E-state index is -0.797. The molecule has 0 aliphatic carbocycles. The molecule has 0 saturated carbocycles. The normalized spacial score (nSPS) is 13.4. The molecule has 3 atom stereocenters. The number of nitrogens with one attached hydrogen (secondary N) is 1. The van der Waals surface area contributed by atoms with Crippen LogP contribution in [0.5, 0.6) is 0 Å². The van der Waals surface area contributed by atoms with E-state index >= 15 is 0 Å². The van der Waals surface area contributed by atoms with Gasteiger partial charge in [0.1, 0.15) is 6.10 Å². The van der Waals surface area contributed by atoms with Crippen LogP contribution in [0.4, 0.5) is 0 Å². The number of aliphatic hydroxyl groups excluding tert-OH is 2. The van der Waals surface area contributed by atoms with Gasteiger partial charge in [-0.2, -0.15) is 0 Å². The van der Waals surface area contributed by atoms with Gasteiger partial charge in [-0.3, -0.25) is 9.59 Å². The fourth-order valence-electron chi connectivity index (χ4n) is 9.26. The van der Waals surface area contributed by atoms with Gasteiger partial charge in [0.05, 0.1) is 25.2 Å². The van der Waals surface area contributed by atoms with Crippen LogP contribution in [0, 0.1) is 0 Å². The van der Waals surface area contributed by atoms with Crippen LogP contribution in [0.3, 0.4) is 0 Å². The molecule has 0 aromatic heterocycles. The summed E-state index contributed by atoms with van der Waals surface area (Å²) in [5, 5.41) is 23.9. The quantitative estimate of drug-likeness (QED) is 0.0321. The Balaban J connectivity index is 4.58. The molecule has 0 aromatic rings. The van der Waals surface area contributed by atoms with Crippen LogP contribution in [0.25, 0.3) is 0 Å². The zero-order chi connectivity index (χ0) is 50.2. The molecule has 404 valence electrons. The third-order valence-corrected chi connectivity index (χ3v) is 13.9. The average molecular weight is 969 g/mol. The number of esters is 1. The van der Waals surface area contributed by atoms with Crippen LogP contribution in [-0.4, -0.2) is 46.9 Å². The molecule has 0 spiro atoms. The highest BCUT2D eigenvalue weighted by atomic mass is 16.5. The molecule has 0 heterocycles. The summed E-state index contributed by atoms with van der Waals surface area (Å²) < 4.78 is 5.96. The van der Waals surface area contributed by atoms with Crippen molar-refractivity contribution in [1.29, 1.82) is 0 Å². The maximum Gasteiger partial charge on any atom is 0.306 e. The van der Waals surface area contributed by atoms with Gasteiger partial charge in [0.25, 0.3) is 0 Å². The maximum atomic E-state index is 13.3. The standard InChI is InChI=1S/C63H117NO5/c1-4-7-10-13-16-19-22-25-28-31-33-36-39-42-45-48-51-54-59(69-63(68)56-53-50-47-44-41-38-35-30-27-24-21-18-15-12-9-6-3)57-62(67)64-60(58-65)61(66)55-52-49-46-43-40-37-34-32-29-26-23-20-17-14-11-8-5-2/h16,19,25,28,30,33,35-36,59-61,65-66H,4-15,17-18,20-24,26-27,29,31-32,34,37-58H2,1-3H3,(H,64,67)/b19-16-,28-25-,35-30+,36-33-. The fourth-order valence-corrected chi connectivity index (χ4v) is 9.26. The number of ether oxygens (including phenoxy) is 1. The Kier molecular flexibility index (Phi) is 54.9. The molecular formula is C63H117NO5. The van der Waals surface area contributed by atoms with Crippen LogP contribution in [0.2, 0.25) is 0 Å². The maximum absolute atomic E-state index is 13.3. The number of amides is 1. The largest absolute Gasteiger partial charge is 0.462 e. The van der Waals surface area contributed by atoms with Crippen LogP contribution in [0.1, 0.15) is 316 Å². The molecule has 6 heteroatoms. The van der Waals surface area contributed by atoms with E-state index in [9.17, 15) is 19.8 Å². The summed E-state index contributed by atoms with van der Waals surface area (Å²) in [6.07, 6.45) is 70.3. The van der Waals surface area contributed by atoms with E-state index < -0.39 is 18.2 Å². The average Bonchev–Trinajstić information content (AvgIpc) is 3.34. The van der Waals surface area contributed by atoms with E-state index in [1.165, 1.54) is 180 Å². The summed E-state index contributed by atoms with van der Waals surface area (Å²) in [4.78, 5) is 26.3. The second-order valence-electron chi connectivity index (χ2n) is 20.7. The zero-order valence-electron chi connectivity index (χ0n) is 46.2. The minimum Gasteiger partial charge on any atom is -0.462 e. The molecule has 0 aromatic carbocycles. The van der Waals surface area contributed by atoms with E-state index in [2.05, 4.69) is 74.7 Å². The summed E-state index contributed by atoms with van der Waals surface area (Å²) in [5.74, 6) is -0.493. The van der Waals surface area contributed by atoms with E-state index in [1.54, 1.807) is 0 Å². The molecule has 0 saturated heterocycles. The lowest BCUT2D eigenvalue weighted by atomic mass is 10.0. The van der Waals surface area contributed by atoms with Gasteiger partial charge < -0.3 is 20.3 Å². The molecule has 6 nitrogen and oxygen atoms in total. The van der Waals surface area contributed by atoms with Crippen LogP contribution < -0.4 is 5.32 Å². The summed E-state index contributed by atoms with van der Waals surface area (Å²) in [6.45, 7) is 6.48. The highest BCUT2D eigenvalue weighted by Crippen LogP contribution is 2.18. The molecule has 0 radical (unpaired) electrons. The second kappa shape index (κ2) is 56.7. The van der Waals surface area contributed by atoms with E-state index in [0.717, 1.165) is 89.9 Å². The summed E-state index contributed by atoms with van der Waals surface area (Å²) in [6, 6.07) is -0.712. The van der Waals surface area contributed by atoms with Crippen molar-refractivity contribution >= 4 is 11.9 Å². The van der Waals surface area contributed by atoms with E-state index in [0.29, 0.717) is 19.3 Å². The van der Waals surface area contributed by atoms with Crippen molar-refractivity contribution in [3.05, 3.63) is 48.6 Å². The van der Waals surface area contributed by atoms with E-state index in [4.69, 9.17) is 4.74 Å². The lowest BCUT2D eigenvalue weighted by Gasteiger charge is -2.24. The van der Waals surface area contributed by atoms with Crippen molar-refractivity contribution < 1.29 is 24.5 Å². The lowest BCUT2D eigenvalue weighted by molar-refractivity contribution is -0.151. The number of carbonyl (C=O) groups excluding carboxylic acids is 2. The summed E-state index contributed by atoms with van der Waals surface area (Å²) in [7, 11) is 0. The summed E-state index contributed by atoms with van der Waals surface area (Å²) >= 11 is 0. The van der Waals surface area contributed by atoms with E-state index in [-0.39, 0.29) is 24.9 Å². The van der Waals surface area contributed by atoms with Gasteiger partial charge in [-0.05, 0) is 89.9 Å². The van der Waals surface area contributed by atoms with Crippen LogP contribution in [-0.2, 0) is 14.3 Å². The van der Waals surface area contributed by atoms with Gasteiger partial charge in [-0.1, -0.05) is 262 Å². The van der Waals surface area contributed by atoms with Crippen LogP contribution >= 0.6 is 0 Å². The molecule has 0 aliphatic heterocycles. The number of rotatable bonds is 55. The number of hydrogen-bond acceptors (Lipinski definition) is 5. The topological polar surface area (TPSA) is 95.9 Å². The monoisotopic (exact) mass is 968 g/mol.